The molecule has 3 aromatic rings. The van der Waals surface area contributed by atoms with Gasteiger partial charge in [-0.05, 0) is 29.7 Å². The van der Waals surface area contributed by atoms with Crippen LogP contribution in [0.5, 0.6) is 11.6 Å². The molecule has 1 heterocycles. The predicted octanol–water partition coefficient (Wildman–Crippen LogP) is 6.48. The van der Waals surface area contributed by atoms with E-state index in [1.54, 1.807) is 24.3 Å². The number of halogens is 2. The fraction of sp³-hybridized carbons (Fsp3) is 0.200. The summed E-state index contributed by atoms with van der Waals surface area (Å²) in [5, 5.41) is 1.28. The minimum absolute atomic E-state index is 0.142. The second kappa shape index (κ2) is 8.52. The highest BCUT2D eigenvalue weighted by Crippen LogP contribution is 2.29. The van der Waals surface area contributed by atoms with Crippen LogP contribution in [0.15, 0.2) is 59.8 Å². The molecule has 0 N–H and O–H groups in total. The molecule has 6 heteroatoms. The Hall–Kier alpha value is -2.11. The van der Waals surface area contributed by atoms with E-state index in [9.17, 15) is 4.39 Å². The smallest absolute Gasteiger partial charge is 0.223 e. The van der Waals surface area contributed by atoms with Crippen LogP contribution in [0.2, 0.25) is 5.02 Å². The highest BCUT2D eigenvalue weighted by atomic mass is 35.5. The zero-order valence-corrected chi connectivity index (χ0v) is 16.0. The lowest BCUT2D eigenvalue weighted by Crippen LogP contribution is -2.00. The fourth-order valence-electron chi connectivity index (χ4n) is 2.23. The van der Waals surface area contributed by atoms with Crippen LogP contribution < -0.4 is 4.74 Å². The van der Waals surface area contributed by atoms with E-state index in [0.717, 1.165) is 11.3 Å². The summed E-state index contributed by atoms with van der Waals surface area (Å²) in [7, 11) is 0. The summed E-state index contributed by atoms with van der Waals surface area (Å²) in [6.45, 7) is 4.08. The lowest BCUT2D eigenvalue weighted by Gasteiger charge is -2.11. The molecule has 0 amide bonds. The molecular weight excluding hydrogens is 371 g/mol. The second-order valence-corrected chi connectivity index (χ2v) is 7.33. The van der Waals surface area contributed by atoms with Gasteiger partial charge in [0.15, 0.2) is 16.7 Å². The number of rotatable bonds is 6. The molecule has 0 bridgehead atoms. The second-order valence-electron chi connectivity index (χ2n) is 5.98. The van der Waals surface area contributed by atoms with Crippen molar-refractivity contribution in [2.24, 2.45) is 0 Å². The highest BCUT2D eigenvalue weighted by molar-refractivity contribution is 7.98. The summed E-state index contributed by atoms with van der Waals surface area (Å²) in [6, 6.07) is 15.7. The number of hydrogen-bond donors (Lipinski definition) is 0. The summed E-state index contributed by atoms with van der Waals surface area (Å²) in [5.41, 5.74) is 1.85. The third-order valence-corrected chi connectivity index (χ3v) is 4.92. The Balaban J connectivity index is 1.84. The summed E-state index contributed by atoms with van der Waals surface area (Å²) in [6.07, 6.45) is 0. The van der Waals surface area contributed by atoms with Gasteiger partial charge in [0.1, 0.15) is 0 Å². The molecule has 2 aromatic carbocycles. The first-order valence-corrected chi connectivity index (χ1v) is 9.57. The largest absolute Gasteiger partial charge is 0.436 e. The number of aromatic nitrogens is 2. The molecule has 0 spiro atoms. The number of ether oxygens (including phenoxy) is 1. The predicted molar refractivity (Wildman–Crippen MR) is 104 cm³/mol. The van der Waals surface area contributed by atoms with Crippen molar-refractivity contribution in [2.75, 3.05) is 0 Å². The monoisotopic (exact) mass is 388 g/mol. The van der Waals surface area contributed by atoms with Gasteiger partial charge in [-0.1, -0.05) is 67.5 Å². The normalized spacial score (nSPS) is 11.0. The molecule has 0 saturated carbocycles. The summed E-state index contributed by atoms with van der Waals surface area (Å²) < 4.78 is 19.5. The Morgan fingerprint density at radius 1 is 1.08 bits per heavy atom. The Bertz CT molecular complexity index is 904. The van der Waals surface area contributed by atoms with Crippen LogP contribution in [0, 0.1) is 5.82 Å². The SMILES string of the molecule is CC(C)c1cc(Oc2ccccc2F)nc(SCc2ccccc2Cl)n1. The highest BCUT2D eigenvalue weighted by Gasteiger charge is 2.12. The molecule has 0 radical (unpaired) electrons. The van der Waals surface area contributed by atoms with Gasteiger partial charge in [0.25, 0.3) is 0 Å². The summed E-state index contributed by atoms with van der Waals surface area (Å²) >= 11 is 7.68. The van der Waals surface area contributed by atoms with Crippen molar-refractivity contribution in [2.45, 2.75) is 30.7 Å². The first-order chi connectivity index (χ1) is 12.5. The zero-order valence-electron chi connectivity index (χ0n) is 14.4. The molecule has 3 rings (SSSR count). The van der Waals surface area contributed by atoms with Crippen LogP contribution in [0.3, 0.4) is 0 Å². The van der Waals surface area contributed by atoms with Gasteiger partial charge in [-0.3, -0.25) is 0 Å². The average molecular weight is 389 g/mol. The maximum Gasteiger partial charge on any atom is 0.223 e. The van der Waals surface area contributed by atoms with Gasteiger partial charge in [-0.25, -0.2) is 9.37 Å². The van der Waals surface area contributed by atoms with Crippen LogP contribution in [0.1, 0.15) is 31.0 Å². The molecule has 0 unspecified atom stereocenters. The lowest BCUT2D eigenvalue weighted by atomic mass is 10.1. The Kier molecular flexibility index (Phi) is 6.12. The first kappa shape index (κ1) is 18.7. The average Bonchev–Trinajstić information content (AvgIpc) is 2.63. The minimum Gasteiger partial charge on any atom is -0.436 e. The van der Waals surface area contributed by atoms with Crippen molar-refractivity contribution in [1.29, 1.82) is 0 Å². The van der Waals surface area contributed by atoms with Gasteiger partial charge in [0, 0.05) is 16.8 Å². The molecule has 0 aliphatic heterocycles. The number of hydrogen-bond acceptors (Lipinski definition) is 4. The van der Waals surface area contributed by atoms with Gasteiger partial charge < -0.3 is 4.74 Å². The van der Waals surface area contributed by atoms with Crippen molar-refractivity contribution in [3.63, 3.8) is 0 Å². The lowest BCUT2D eigenvalue weighted by molar-refractivity contribution is 0.420. The molecule has 0 atom stereocenters. The van der Waals surface area contributed by atoms with Crippen molar-refractivity contribution >= 4 is 23.4 Å². The van der Waals surface area contributed by atoms with Crippen molar-refractivity contribution < 1.29 is 9.13 Å². The Morgan fingerprint density at radius 3 is 2.54 bits per heavy atom. The van der Waals surface area contributed by atoms with Crippen molar-refractivity contribution in [3.05, 3.63) is 76.7 Å². The van der Waals surface area contributed by atoms with Crippen LogP contribution >= 0.6 is 23.4 Å². The molecule has 0 fully saturated rings. The van der Waals surface area contributed by atoms with E-state index in [0.29, 0.717) is 21.8 Å². The van der Waals surface area contributed by atoms with E-state index in [4.69, 9.17) is 16.3 Å². The molecule has 0 aliphatic rings. The van der Waals surface area contributed by atoms with Crippen LogP contribution in [0.25, 0.3) is 0 Å². The quantitative estimate of drug-likeness (QED) is 0.357. The van der Waals surface area contributed by atoms with E-state index in [1.807, 2.05) is 38.1 Å². The fourth-order valence-corrected chi connectivity index (χ4v) is 3.37. The van der Waals surface area contributed by atoms with Gasteiger partial charge in [-0.2, -0.15) is 4.98 Å². The van der Waals surface area contributed by atoms with Crippen molar-refractivity contribution in [1.82, 2.24) is 9.97 Å². The van der Waals surface area contributed by atoms with Crippen molar-refractivity contribution in [3.8, 4) is 11.6 Å². The zero-order chi connectivity index (χ0) is 18.5. The number of thioether (sulfide) groups is 1. The molecule has 26 heavy (non-hydrogen) atoms. The van der Waals surface area contributed by atoms with Crippen LogP contribution in [-0.2, 0) is 5.75 Å². The van der Waals surface area contributed by atoms with Gasteiger partial charge in [0.2, 0.25) is 5.88 Å². The topological polar surface area (TPSA) is 35.0 Å². The molecule has 0 aliphatic carbocycles. The van der Waals surface area contributed by atoms with Crippen LogP contribution in [-0.4, -0.2) is 9.97 Å². The molecule has 3 nitrogen and oxygen atoms in total. The minimum atomic E-state index is -0.428. The van der Waals surface area contributed by atoms with E-state index in [1.165, 1.54) is 17.8 Å². The molecule has 0 saturated heterocycles. The standard InChI is InChI=1S/C20H18ClFN2OS/c1-13(2)17-11-19(25-18-10-6-5-9-16(18)22)24-20(23-17)26-12-14-7-3-4-8-15(14)21/h3-11,13H,12H2,1-2H3. The molecule has 134 valence electrons. The van der Waals surface area contributed by atoms with Crippen LogP contribution in [0.4, 0.5) is 4.39 Å². The molecular formula is C20H18ClFN2OS. The van der Waals surface area contributed by atoms with E-state index in [2.05, 4.69) is 9.97 Å². The molecule has 1 aromatic heterocycles. The third kappa shape index (κ3) is 4.74. The van der Waals surface area contributed by atoms with E-state index >= 15 is 0 Å². The summed E-state index contributed by atoms with van der Waals surface area (Å²) in [5.74, 6) is 0.877. The van der Waals surface area contributed by atoms with Gasteiger partial charge in [-0.15, -0.1) is 0 Å². The van der Waals surface area contributed by atoms with E-state index in [-0.39, 0.29) is 11.7 Å². The Labute approximate surface area is 161 Å². The summed E-state index contributed by atoms with van der Waals surface area (Å²) in [4.78, 5) is 8.99. The number of benzene rings is 2. The van der Waals surface area contributed by atoms with Gasteiger partial charge in [0.05, 0.1) is 5.69 Å². The maximum absolute atomic E-state index is 13.9. The first-order valence-electron chi connectivity index (χ1n) is 8.20. The third-order valence-electron chi connectivity index (χ3n) is 3.66. The van der Waals surface area contributed by atoms with Gasteiger partial charge >= 0.3 is 0 Å². The number of nitrogens with zero attached hydrogens (tertiary/aromatic N) is 2. The Morgan fingerprint density at radius 2 is 1.81 bits per heavy atom. The van der Waals surface area contributed by atoms with E-state index < -0.39 is 5.82 Å². The maximum atomic E-state index is 13.9. The number of para-hydroxylation sites is 1.